The van der Waals surface area contributed by atoms with Crippen LogP contribution in [0.2, 0.25) is 0 Å². The number of fused-ring (bicyclic) bond motifs is 1. The number of nitrogens with zero attached hydrogens (tertiary/aromatic N) is 3. The summed E-state index contributed by atoms with van der Waals surface area (Å²) in [5.74, 6) is -0.288. The van der Waals surface area contributed by atoms with Crippen LogP contribution in [0.3, 0.4) is 0 Å². The number of amides is 2. The summed E-state index contributed by atoms with van der Waals surface area (Å²) in [6.45, 7) is 1.93. The number of aryl methyl sites for hydroxylation is 1. The topological polar surface area (TPSA) is 65.5 Å². The first-order valence-corrected chi connectivity index (χ1v) is 9.72. The fourth-order valence-electron chi connectivity index (χ4n) is 4.53. The number of benzene rings is 1. The van der Waals surface area contributed by atoms with E-state index in [0.29, 0.717) is 19.6 Å². The smallest absolute Gasteiger partial charge is 0.252 e. The molecule has 2 aliphatic rings. The van der Waals surface area contributed by atoms with Crippen LogP contribution in [0.4, 0.5) is 0 Å². The molecule has 0 unspecified atom stereocenters. The van der Waals surface area contributed by atoms with E-state index in [2.05, 4.69) is 15.2 Å². The molecule has 1 aromatic heterocycles. The minimum absolute atomic E-state index is 0.0646. The molecule has 0 aliphatic carbocycles. The highest BCUT2D eigenvalue weighted by Crippen LogP contribution is 2.36. The van der Waals surface area contributed by atoms with E-state index in [0.717, 1.165) is 29.7 Å². The van der Waals surface area contributed by atoms with Gasteiger partial charge in [-0.2, -0.15) is 0 Å². The van der Waals surface area contributed by atoms with Crippen molar-refractivity contribution in [3.63, 3.8) is 0 Å². The van der Waals surface area contributed by atoms with Crippen molar-refractivity contribution in [2.75, 3.05) is 27.2 Å². The second-order valence-corrected chi connectivity index (χ2v) is 8.04. The lowest BCUT2D eigenvalue weighted by Crippen LogP contribution is -2.57. The van der Waals surface area contributed by atoms with E-state index < -0.39 is 5.54 Å². The van der Waals surface area contributed by atoms with Crippen molar-refractivity contribution in [2.24, 2.45) is 5.92 Å². The zero-order valence-electron chi connectivity index (χ0n) is 16.4. The molecule has 1 aromatic carbocycles. The number of carbonyl (C=O) groups is 2. The van der Waals surface area contributed by atoms with Gasteiger partial charge in [0.25, 0.3) is 5.91 Å². The van der Waals surface area contributed by atoms with Gasteiger partial charge < -0.3 is 10.2 Å². The quantitative estimate of drug-likeness (QED) is 0.883. The Morgan fingerprint density at radius 3 is 2.79 bits per heavy atom. The third-order valence-electron chi connectivity index (χ3n) is 5.93. The van der Waals surface area contributed by atoms with Crippen LogP contribution >= 0.6 is 0 Å². The van der Waals surface area contributed by atoms with Gasteiger partial charge in [-0.05, 0) is 36.6 Å². The highest BCUT2D eigenvalue weighted by Gasteiger charge is 2.52. The lowest BCUT2D eigenvalue weighted by atomic mass is 9.81. The monoisotopic (exact) mass is 378 g/mol. The van der Waals surface area contributed by atoms with Crippen LogP contribution in [0.1, 0.15) is 28.0 Å². The van der Waals surface area contributed by atoms with Gasteiger partial charge in [-0.15, -0.1) is 0 Å². The molecule has 2 aromatic rings. The van der Waals surface area contributed by atoms with E-state index in [9.17, 15) is 9.59 Å². The van der Waals surface area contributed by atoms with Crippen LogP contribution < -0.4 is 5.32 Å². The SMILES string of the molecule is CN(C)C(=O)[C@H]1CN(Cc2ccccn2)C[C@@]12CCc1ccccc1C(=O)N2. The number of nitrogens with one attached hydrogen (secondary N) is 1. The highest BCUT2D eigenvalue weighted by molar-refractivity contribution is 5.97. The van der Waals surface area contributed by atoms with E-state index in [1.807, 2.05) is 42.5 Å². The Morgan fingerprint density at radius 2 is 2.04 bits per heavy atom. The second kappa shape index (κ2) is 7.36. The van der Waals surface area contributed by atoms with Gasteiger partial charge in [0, 0.05) is 45.5 Å². The number of carbonyl (C=O) groups excluding carboxylic acids is 2. The predicted octanol–water partition coefficient (Wildman–Crippen LogP) is 1.72. The van der Waals surface area contributed by atoms with Crippen molar-refractivity contribution in [1.82, 2.24) is 20.1 Å². The summed E-state index contributed by atoms with van der Waals surface area (Å²) < 4.78 is 0. The summed E-state index contributed by atoms with van der Waals surface area (Å²) in [5, 5.41) is 3.26. The molecule has 6 heteroatoms. The summed E-state index contributed by atoms with van der Waals surface area (Å²) in [6.07, 6.45) is 3.32. The van der Waals surface area contributed by atoms with Crippen LogP contribution in [0.15, 0.2) is 48.7 Å². The normalized spacial score (nSPS) is 24.5. The predicted molar refractivity (Wildman–Crippen MR) is 107 cm³/mol. The number of pyridine rings is 1. The third kappa shape index (κ3) is 3.40. The summed E-state index contributed by atoms with van der Waals surface area (Å²) in [6, 6.07) is 13.6. The van der Waals surface area contributed by atoms with Crippen molar-refractivity contribution >= 4 is 11.8 Å². The van der Waals surface area contributed by atoms with Gasteiger partial charge in [0.2, 0.25) is 5.91 Å². The standard InChI is InChI=1S/C22H26N4O2/c1-25(2)21(28)19-14-26(13-17-8-5-6-12-23-17)15-22(19)11-10-16-7-3-4-9-18(16)20(27)24-22/h3-9,12,19H,10-11,13-15H2,1-2H3,(H,24,27)/t19-,22+/m1/s1. The molecule has 4 rings (SSSR count). The fourth-order valence-corrected chi connectivity index (χ4v) is 4.53. The largest absolute Gasteiger partial charge is 0.348 e. The van der Waals surface area contributed by atoms with Gasteiger partial charge in [0.15, 0.2) is 0 Å². The Kier molecular flexibility index (Phi) is 4.89. The molecule has 3 heterocycles. The zero-order valence-corrected chi connectivity index (χ0v) is 16.4. The second-order valence-electron chi connectivity index (χ2n) is 8.04. The Balaban J connectivity index is 1.64. The van der Waals surface area contributed by atoms with Crippen LogP contribution in [-0.4, -0.2) is 59.3 Å². The molecule has 2 aliphatic heterocycles. The lowest BCUT2D eigenvalue weighted by molar-refractivity contribution is -0.134. The fraction of sp³-hybridized carbons (Fsp3) is 0.409. The van der Waals surface area contributed by atoms with Gasteiger partial charge in [0.05, 0.1) is 17.2 Å². The van der Waals surface area contributed by atoms with Crippen LogP contribution in [-0.2, 0) is 17.8 Å². The van der Waals surface area contributed by atoms with Crippen molar-refractivity contribution in [3.8, 4) is 0 Å². The number of aromatic nitrogens is 1. The van der Waals surface area contributed by atoms with E-state index >= 15 is 0 Å². The maximum Gasteiger partial charge on any atom is 0.252 e. The first-order chi connectivity index (χ1) is 13.5. The van der Waals surface area contributed by atoms with E-state index in [-0.39, 0.29) is 17.7 Å². The van der Waals surface area contributed by atoms with Gasteiger partial charge in [-0.25, -0.2) is 0 Å². The molecule has 146 valence electrons. The number of hydrogen-bond donors (Lipinski definition) is 1. The molecular formula is C22H26N4O2. The average molecular weight is 378 g/mol. The van der Waals surface area contributed by atoms with E-state index in [1.54, 1.807) is 25.2 Å². The molecule has 2 atom stereocenters. The molecule has 28 heavy (non-hydrogen) atoms. The number of rotatable bonds is 3. The molecule has 0 saturated carbocycles. The maximum absolute atomic E-state index is 13.0. The zero-order chi connectivity index (χ0) is 19.7. The van der Waals surface area contributed by atoms with Gasteiger partial charge in [0.1, 0.15) is 0 Å². The summed E-state index contributed by atoms with van der Waals surface area (Å²) in [4.78, 5) is 34.3. The third-order valence-corrected chi connectivity index (χ3v) is 5.93. The summed E-state index contributed by atoms with van der Waals surface area (Å²) in [5.41, 5.74) is 2.18. The Labute approximate surface area is 165 Å². The average Bonchev–Trinajstić information content (AvgIpc) is 2.96. The first-order valence-electron chi connectivity index (χ1n) is 9.72. The minimum atomic E-state index is -0.563. The molecule has 2 amide bonds. The van der Waals surface area contributed by atoms with Gasteiger partial charge in [-0.1, -0.05) is 24.3 Å². The van der Waals surface area contributed by atoms with Gasteiger partial charge in [-0.3, -0.25) is 19.5 Å². The van der Waals surface area contributed by atoms with Crippen LogP contribution in [0.25, 0.3) is 0 Å². The van der Waals surface area contributed by atoms with Crippen molar-refractivity contribution in [2.45, 2.75) is 24.9 Å². The van der Waals surface area contributed by atoms with Gasteiger partial charge >= 0.3 is 0 Å². The van der Waals surface area contributed by atoms with E-state index in [4.69, 9.17) is 0 Å². The Morgan fingerprint density at radius 1 is 1.25 bits per heavy atom. The minimum Gasteiger partial charge on any atom is -0.348 e. The molecular weight excluding hydrogens is 352 g/mol. The highest BCUT2D eigenvalue weighted by atomic mass is 16.2. The summed E-state index contributed by atoms with van der Waals surface area (Å²) in [7, 11) is 3.56. The Hall–Kier alpha value is -2.73. The van der Waals surface area contributed by atoms with Crippen LogP contribution in [0.5, 0.6) is 0 Å². The van der Waals surface area contributed by atoms with Crippen molar-refractivity contribution < 1.29 is 9.59 Å². The lowest BCUT2D eigenvalue weighted by Gasteiger charge is -2.35. The first kappa shape index (κ1) is 18.6. The maximum atomic E-state index is 13.0. The molecule has 0 bridgehead atoms. The molecule has 1 N–H and O–H groups in total. The number of hydrogen-bond acceptors (Lipinski definition) is 4. The molecule has 0 radical (unpaired) electrons. The summed E-state index contributed by atoms with van der Waals surface area (Å²) >= 11 is 0. The van der Waals surface area contributed by atoms with E-state index in [1.165, 1.54) is 0 Å². The molecule has 1 fully saturated rings. The van der Waals surface area contributed by atoms with Crippen molar-refractivity contribution in [3.05, 3.63) is 65.5 Å². The molecule has 1 spiro atoms. The van der Waals surface area contributed by atoms with Crippen LogP contribution in [0, 0.1) is 5.92 Å². The number of likely N-dealkylation sites (tertiary alicyclic amines) is 1. The molecule has 1 saturated heterocycles. The molecule has 6 nitrogen and oxygen atoms in total. The van der Waals surface area contributed by atoms with Crippen molar-refractivity contribution in [1.29, 1.82) is 0 Å². The Bertz CT molecular complexity index is 883.